The number of hydrogen-bond donors (Lipinski definition) is 1. The van der Waals surface area contributed by atoms with Gasteiger partial charge in [0.25, 0.3) is 5.91 Å². The highest BCUT2D eigenvalue weighted by Crippen LogP contribution is 2.26. The summed E-state index contributed by atoms with van der Waals surface area (Å²) in [5.41, 5.74) is -0.590. The first-order valence-corrected chi connectivity index (χ1v) is 7.44. The Labute approximate surface area is 125 Å². The van der Waals surface area contributed by atoms with Gasteiger partial charge in [0.15, 0.2) is 0 Å². The summed E-state index contributed by atoms with van der Waals surface area (Å²) in [5.74, 6) is -0.248. The summed E-state index contributed by atoms with van der Waals surface area (Å²) < 4.78 is 5.16. The molecule has 3 aliphatic rings. The third-order valence-corrected chi connectivity index (χ3v) is 3.41. The SMILES string of the molecule is C[C@H](NC(=O)OC(C)(C)C)C(=O)N1O[C@H]2C=C[C@@H]1CCC2. The fourth-order valence-electron chi connectivity index (χ4n) is 2.43. The topological polar surface area (TPSA) is 67.9 Å². The Morgan fingerprint density at radius 1 is 1.33 bits per heavy atom. The van der Waals surface area contributed by atoms with Crippen molar-refractivity contribution in [3.05, 3.63) is 12.2 Å². The van der Waals surface area contributed by atoms with Crippen molar-refractivity contribution in [1.82, 2.24) is 10.4 Å². The molecule has 0 aromatic carbocycles. The van der Waals surface area contributed by atoms with Crippen molar-refractivity contribution in [3.63, 3.8) is 0 Å². The van der Waals surface area contributed by atoms with E-state index in [0.717, 1.165) is 19.3 Å². The van der Waals surface area contributed by atoms with Crippen LogP contribution in [0, 0.1) is 0 Å². The molecule has 2 heterocycles. The first kappa shape index (κ1) is 15.8. The van der Waals surface area contributed by atoms with Gasteiger partial charge in [-0.05, 0) is 47.0 Å². The first-order valence-electron chi connectivity index (χ1n) is 7.44. The highest BCUT2D eigenvalue weighted by Gasteiger charge is 2.35. The number of rotatable bonds is 2. The minimum atomic E-state index is -0.687. The minimum absolute atomic E-state index is 0.0403. The predicted molar refractivity (Wildman–Crippen MR) is 77.3 cm³/mol. The van der Waals surface area contributed by atoms with Crippen LogP contribution in [0.25, 0.3) is 0 Å². The second-order valence-corrected chi connectivity index (χ2v) is 6.56. The zero-order valence-electron chi connectivity index (χ0n) is 13.1. The van der Waals surface area contributed by atoms with Gasteiger partial charge in [0.05, 0.1) is 6.04 Å². The summed E-state index contributed by atoms with van der Waals surface area (Å²) in [6.07, 6.45) is 6.22. The Morgan fingerprint density at radius 3 is 2.71 bits per heavy atom. The van der Waals surface area contributed by atoms with Crippen molar-refractivity contribution in [2.24, 2.45) is 0 Å². The molecule has 1 fully saturated rings. The van der Waals surface area contributed by atoms with E-state index in [-0.39, 0.29) is 18.1 Å². The third kappa shape index (κ3) is 4.20. The molecule has 1 N–H and O–H groups in total. The largest absolute Gasteiger partial charge is 0.444 e. The number of carbonyl (C=O) groups excluding carboxylic acids is 2. The number of amides is 2. The molecule has 0 spiro atoms. The Hall–Kier alpha value is -1.56. The van der Waals surface area contributed by atoms with Gasteiger partial charge in [-0.25, -0.2) is 9.86 Å². The van der Waals surface area contributed by atoms with E-state index in [9.17, 15) is 9.59 Å². The predicted octanol–water partition coefficient (Wildman–Crippen LogP) is 2.15. The maximum Gasteiger partial charge on any atom is 0.408 e. The maximum absolute atomic E-state index is 12.4. The molecule has 21 heavy (non-hydrogen) atoms. The molecule has 2 bridgehead atoms. The summed E-state index contributed by atoms with van der Waals surface area (Å²) in [5, 5.41) is 3.96. The summed E-state index contributed by atoms with van der Waals surface area (Å²) in [6.45, 7) is 6.97. The molecule has 118 valence electrons. The molecule has 2 aliphatic heterocycles. The van der Waals surface area contributed by atoms with Gasteiger partial charge in [-0.2, -0.15) is 0 Å². The Balaban J connectivity index is 1.93. The average Bonchev–Trinajstić information content (AvgIpc) is 2.70. The molecule has 6 heteroatoms. The molecule has 0 unspecified atom stereocenters. The van der Waals surface area contributed by atoms with Crippen molar-refractivity contribution < 1.29 is 19.2 Å². The van der Waals surface area contributed by atoms with Gasteiger partial charge in [-0.15, -0.1) is 0 Å². The van der Waals surface area contributed by atoms with Crippen molar-refractivity contribution >= 4 is 12.0 Å². The van der Waals surface area contributed by atoms with Crippen molar-refractivity contribution in [1.29, 1.82) is 0 Å². The van der Waals surface area contributed by atoms with Crippen LogP contribution < -0.4 is 5.32 Å². The molecule has 6 nitrogen and oxygen atoms in total. The quantitative estimate of drug-likeness (QED) is 0.793. The monoisotopic (exact) mass is 296 g/mol. The lowest BCUT2D eigenvalue weighted by molar-refractivity contribution is -0.209. The second kappa shape index (κ2) is 6.05. The summed E-state index contributed by atoms with van der Waals surface area (Å²) in [7, 11) is 0. The van der Waals surface area contributed by atoms with Crippen LogP contribution in [0.1, 0.15) is 47.0 Å². The minimum Gasteiger partial charge on any atom is -0.444 e. The van der Waals surface area contributed by atoms with E-state index in [1.54, 1.807) is 27.7 Å². The lowest BCUT2D eigenvalue weighted by Crippen LogP contribution is -2.52. The van der Waals surface area contributed by atoms with Crippen molar-refractivity contribution in [3.8, 4) is 0 Å². The smallest absolute Gasteiger partial charge is 0.408 e. The van der Waals surface area contributed by atoms with Gasteiger partial charge in [0, 0.05) is 0 Å². The van der Waals surface area contributed by atoms with Crippen LogP contribution in [0.3, 0.4) is 0 Å². The van der Waals surface area contributed by atoms with Crippen LogP contribution in [0.5, 0.6) is 0 Å². The average molecular weight is 296 g/mol. The summed E-state index contributed by atoms with van der Waals surface area (Å²) >= 11 is 0. The third-order valence-electron chi connectivity index (χ3n) is 3.41. The number of nitrogens with one attached hydrogen (secondary N) is 1. The first-order chi connectivity index (χ1) is 9.76. The van der Waals surface area contributed by atoms with E-state index < -0.39 is 17.7 Å². The number of carbonyl (C=O) groups is 2. The molecular weight excluding hydrogens is 272 g/mol. The zero-order valence-corrected chi connectivity index (χ0v) is 13.1. The van der Waals surface area contributed by atoms with Crippen LogP contribution in [-0.4, -0.2) is 40.9 Å². The Bertz CT molecular complexity index is 441. The van der Waals surface area contributed by atoms with Crippen LogP contribution in [0.4, 0.5) is 4.79 Å². The van der Waals surface area contributed by atoms with Gasteiger partial charge in [-0.3, -0.25) is 9.63 Å². The lowest BCUT2D eigenvalue weighted by Gasteiger charge is -2.33. The second-order valence-electron chi connectivity index (χ2n) is 6.56. The van der Waals surface area contributed by atoms with Crippen LogP contribution in [0.2, 0.25) is 0 Å². The molecule has 3 atom stereocenters. The van der Waals surface area contributed by atoms with Crippen LogP contribution >= 0.6 is 0 Å². The number of fused-ring (bicyclic) bond motifs is 3. The molecule has 0 radical (unpaired) electrons. The molecule has 0 aromatic rings. The van der Waals surface area contributed by atoms with Gasteiger partial charge in [-0.1, -0.05) is 12.2 Å². The molecule has 3 rings (SSSR count). The standard InChI is InChI=1S/C15H24N2O4/c1-10(16-14(19)20-15(2,3)4)13(18)17-11-6-5-7-12(21-17)9-8-11/h8-12H,5-7H2,1-4H3,(H,16,19)/t10-,11-,12+/m0/s1. The highest BCUT2D eigenvalue weighted by molar-refractivity contribution is 5.85. The summed E-state index contributed by atoms with van der Waals surface area (Å²) in [6, 6.07) is -0.730. The number of alkyl carbamates (subject to hydrolysis) is 1. The van der Waals surface area contributed by atoms with E-state index in [1.807, 2.05) is 12.2 Å². The van der Waals surface area contributed by atoms with Crippen molar-refractivity contribution in [2.45, 2.75) is 70.7 Å². The van der Waals surface area contributed by atoms with Crippen LogP contribution in [-0.2, 0) is 14.4 Å². The molecule has 0 saturated carbocycles. The lowest BCUT2D eigenvalue weighted by atomic mass is 10.1. The number of nitrogens with zero attached hydrogens (tertiary/aromatic N) is 1. The molecule has 2 amide bonds. The van der Waals surface area contributed by atoms with E-state index in [1.165, 1.54) is 5.06 Å². The Kier molecular flexibility index (Phi) is 4.56. The summed E-state index contributed by atoms with van der Waals surface area (Å²) in [4.78, 5) is 29.8. The van der Waals surface area contributed by atoms with Gasteiger partial charge in [0.2, 0.25) is 0 Å². The molecule has 1 aliphatic carbocycles. The van der Waals surface area contributed by atoms with E-state index >= 15 is 0 Å². The van der Waals surface area contributed by atoms with Gasteiger partial charge >= 0.3 is 6.09 Å². The normalized spacial score (nSPS) is 26.2. The van der Waals surface area contributed by atoms with E-state index in [4.69, 9.17) is 9.57 Å². The highest BCUT2D eigenvalue weighted by atomic mass is 16.7. The van der Waals surface area contributed by atoms with Gasteiger partial charge < -0.3 is 10.1 Å². The van der Waals surface area contributed by atoms with Gasteiger partial charge in [0.1, 0.15) is 17.7 Å². The number of hydrogen-bond acceptors (Lipinski definition) is 4. The zero-order chi connectivity index (χ0) is 15.6. The number of ether oxygens (including phenoxy) is 1. The van der Waals surface area contributed by atoms with E-state index in [2.05, 4.69) is 5.32 Å². The molecule has 0 aromatic heterocycles. The fourth-order valence-corrected chi connectivity index (χ4v) is 2.43. The molecule has 1 saturated heterocycles. The molecular formula is C15H24N2O4. The number of hydroxylamine groups is 2. The van der Waals surface area contributed by atoms with E-state index in [0.29, 0.717) is 0 Å². The maximum atomic E-state index is 12.4. The fraction of sp³-hybridized carbons (Fsp3) is 0.733. The Morgan fingerprint density at radius 2 is 2.05 bits per heavy atom. The van der Waals surface area contributed by atoms with Crippen molar-refractivity contribution in [2.75, 3.05) is 0 Å². The van der Waals surface area contributed by atoms with Crippen LogP contribution in [0.15, 0.2) is 12.2 Å².